The standard InChI is InChI=1S/C29H36FN5O2/c1-17-13-20(26(32)35-18(2)9-10-25(35)31)7-6-8-24(17)33-27(36)22-14-21-16-34(28(37)29(3,4)5)12-11-19(21)15-23(22)30/h6-8,13-15,18,24,31-32H,9-12,16H2,1-5H3,(H,33,36)/t18-,24?/m0/s1. The van der Waals surface area contributed by atoms with Crippen molar-refractivity contribution in [3.63, 3.8) is 0 Å². The number of carbonyl (C=O) groups excluding carboxylic acids is 2. The Morgan fingerprint density at radius 1 is 1.16 bits per heavy atom. The van der Waals surface area contributed by atoms with Crippen LogP contribution in [0.4, 0.5) is 4.39 Å². The Hall–Kier alpha value is -3.55. The van der Waals surface area contributed by atoms with Gasteiger partial charge in [0, 0.05) is 36.5 Å². The van der Waals surface area contributed by atoms with E-state index >= 15 is 0 Å². The van der Waals surface area contributed by atoms with Crippen molar-refractivity contribution in [1.29, 1.82) is 10.8 Å². The van der Waals surface area contributed by atoms with Gasteiger partial charge in [0.1, 0.15) is 17.5 Å². The molecule has 2 heterocycles. The summed E-state index contributed by atoms with van der Waals surface area (Å²) in [6, 6.07) is 2.61. The quantitative estimate of drug-likeness (QED) is 0.409. The minimum Gasteiger partial charge on any atom is -0.342 e. The lowest BCUT2D eigenvalue weighted by atomic mass is 9.91. The van der Waals surface area contributed by atoms with Crippen LogP contribution in [-0.2, 0) is 17.8 Å². The van der Waals surface area contributed by atoms with Gasteiger partial charge in [-0.25, -0.2) is 4.39 Å². The molecule has 2 aliphatic heterocycles. The van der Waals surface area contributed by atoms with E-state index in [2.05, 4.69) is 5.32 Å². The average Bonchev–Trinajstić information content (AvgIpc) is 3.06. The topological polar surface area (TPSA) is 100 Å². The first kappa shape index (κ1) is 26.5. The fourth-order valence-electron chi connectivity index (χ4n) is 5.09. The van der Waals surface area contributed by atoms with Crippen LogP contribution < -0.4 is 5.32 Å². The molecule has 196 valence electrons. The van der Waals surface area contributed by atoms with Crippen LogP contribution in [0.15, 0.2) is 47.6 Å². The Balaban J connectivity index is 1.50. The summed E-state index contributed by atoms with van der Waals surface area (Å²) >= 11 is 0. The van der Waals surface area contributed by atoms with Crippen molar-refractivity contribution in [2.45, 2.75) is 72.5 Å². The molecule has 3 N–H and O–H groups in total. The first-order valence-electron chi connectivity index (χ1n) is 12.8. The summed E-state index contributed by atoms with van der Waals surface area (Å²) in [5.74, 6) is -0.372. The zero-order valence-electron chi connectivity index (χ0n) is 22.2. The lowest BCUT2D eigenvalue weighted by Crippen LogP contribution is -2.42. The van der Waals surface area contributed by atoms with Gasteiger partial charge in [-0.15, -0.1) is 0 Å². The number of hydrogen-bond acceptors (Lipinski definition) is 4. The fraction of sp³-hybridized carbons (Fsp3) is 0.448. The molecule has 1 saturated heterocycles. The highest BCUT2D eigenvalue weighted by molar-refractivity contribution is 6.09. The SMILES string of the molecule is CC1=CC(C(=N)N2C(=N)CC[C@@H]2C)=CC=CC1NC(=O)c1cc2c(cc1F)CCN(C(=O)C(C)(C)C)C2. The molecule has 8 heteroatoms. The van der Waals surface area contributed by atoms with Crippen LogP contribution in [-0.4, -0.2) is 51.9 Å². The Morgan fingerprint density at radius 2 is 1.89 bits per heavy atom. The highest BCUT2D eigenvalue weighted by atomic mass is 19.1. The smallest absolute Gasteiger partial charge is 0.254 e. The third-order valence-electron chi connectivity index (χ3n) is 7.26. The minimum atomic E-state index is -0.576. The van der Waals surface area contributed by atoms with Crippen molar-refractivity contribution in [3.8, 4) is 0 Å². The molecular weight excluding hydrogens is 469 g/mol. The van der Waals surface area contributed by atoms with Crippen LogP contribution in [0.25, 0.3) is 0 Å². The van der Waals surface area contributed by atoms with Gasteiger partial charge in [0.2, 0.25) is 5.91 Å². The van der Waals surface area contributed by atoms with Crippen LogP contribution in [0.3, 0.4) is 0 Å². The predicted octanol–water partition coefficient (Wildman–Crippen LogP) is 4.74. The summed E-state index contributed by atoms with van der Waals surface area (Å²) in [5, 5.41) is 19.7. The number of nitrogens with zero attached hydrogens (tertiary/aromatic N) is 2. The molecule has 1 aromatic rings. The van der Waals surface area contributed by atoms with E-state index in [1.165, 1.54) is 6.07 Å². The van der Waals surface area contributed by atoms with E-state index < -0.39 is 23.2 Å². The predicted molar refractivity (Wildman–Crippen MR) is 143 cm³/mol. The Kier molecular flexibility index (Phi) is 7.22. The van der Waals surface area contributed by atoms with Crippen LogP contribution >= 0.6 is 0 Å². The Morgan fingerprint density at radius 3 is 2.54 bits per heavy atom. The molecule has 2 atom stereocenters. The maximum Gasteiger partial charge on any atom is 0.254 e. The molecule has 0 aromatic heterocycles. The summed E-state index contributed by atoms with van der Waals surface area (Å²) < 4.78 is 15.0. The molecule has 1 aliphatic carbocycles. The number of nitrogens with one attached hydrogen (secondary N) is 3. The van der Waals surface area contributed by atoms with Crippen molar-refractivity contribution < 1.29 is 14.0 Å². The van der Waals surface area contributed by atoms with Gasteiger partial charge in [-0.2, -0.15) is 0 Å². The van der Waals surface area contributed by atoms with Crippen molar-refractivity contribution in [3.05, 3.63) is 70.1 Å². The zero-order valence-corrected chi connectivity index (χ0v) is 22.2. The van der Waals surface area contributed by atoms with E-state index in [1.807, 2.05) is 46.8 Å². The second-order valence-electron chi connectivity index (χ2n) is 11.2. The molecule has 37 heavy (non-hydrogen) atoms. The highest BCUT2D eigenvalue weighted by Gasteiger charge is 2.31. The minimum absolute atomic E-state index is 0.0326. The number of halogens is 1. The highest BCUT2D eigenvalue weighted by Crippen LogP contribution is 2.27. The molecular formula is C29H36FN5O2. The van der Waals surface area contributed by atoms with Crippen LogP contribution in [0, 0.1) is 22.1 Å². The Labute approximate surface area is 218 Å². The summed E-state index contributed by atoms with van der Waals surface area (Å²) in [7, 11) is 0. The first-order valence-corrected chi connectivity index (χ1v) is 12.8. The van der Waals surface area contributed by atoms with Gasteiger partial charge in [-0.3, -0.25) is 20.4 Å². The molecule has 0 radical (unpaired) electrons. The number of amidine groups is 2. The van der Waals surface area contributed by atoms with Gasteiger partial charge >= 0.3 is 0 Å². The number of hydrogen-bond donors (Lipinski definition) is 3. The van der Waals surface area contributed by atoms with Crippen LogP contribution in [0.5, 0.6) is 0 Å². The second-order valence-corrected chi connectivity index (χ2v) is 11.2. The molecule has 0 saturated carbocycles. The van der Waals surface area contributed by atoms with Gasteiger partial charge in [-0.05, 0) is 61.6 Å². The van der Waals surface area contributed by atoms with Gasteiger partial charge in [0.15, 0.2) is 0 Å². The first-order chi connectivity index (χ1) is 17.4. The van der Waals surface area contributed by atoms with E-state index in [-0.39, 0.29) is 23.3 Å². The summed E-state index contributed by atoms with van der Waals surface area (Å²) in [4.78, 5) is 29.4. The Bertz CT molecular complexity index is 1250. The maximum atomic E-state index is 15.0. The van der Waals surface area contributed by atoms with Crippen molar-refractivity contribution in [2.75, 3.05) is 6.54 Å². The fourth-order valence-corrected chi connectivity index (χ4v) is 5.09. The third kappa shape index (κ3) is 5.43. The van der Waals surface area contributed by atoms with E-state index in [4.69, 9.17) is 10.8 Å². The number of fused-ring (bicyclic) bond motifs is 1. The van der Waals surface area contributed by atoms with Crippen molar-refractivity contribution in [2.24, 2.45) is 5.41 Å². The van der Waals surface area contributed by atoms with Crippen LogP contribution in [0.1, 0.15) is 68.9 Å². The molecule has 1 fully saturated rings. The lowest BCUT2D eigenvalue weighted by Gasteiger charge is -2.34. The maximum absolute atomic E-state index is 15.0. The van der Waals surface area contributed by atoms with Gasteiger partial charge < -0.3 is 15.1 Å². The average molecular weight is 506 g/mol. The van der Waals surface area contributed by atoms with E-state index in [0.29, 0.717) is 37.3 Å². The molecule has 2 amide bonds. The van der Waals surface area contributed by atoms with E-state index in [9.17, 15) is 14.0 Å². The number of likely N-dealkylation sites (tertiary alicyclic amines) is 1. The number of allylic oxidation sites excluding steroid dienone is 2. The summed E-state index contributed by atoms with van der Waals surface area (Å²) in [6.07, 6.45) is 9.29. The zero-order chi connectivity index (χ0) is 27.1. The van der Waals surface area contributed by atoms with Gasteiger partial charge in [0.05, 0.1) is 11.6 Å². The molecule has 1 unspecified atom stereocenters. The normalized spacial score (nSPS) is 21.7. The van der Waals surface area contributed by atoms with Crippen LogP contribution in [0.2, 0.25) is 0 Å². The summed E-state index contributed by atoms with van der Waals surface area (Å²) in [5.41, 5.74) is 2.52. The number of amides is 2. The number of benzene rings is 1. The summed E-state index contributed by atoms with van der Waals surface area (Å²) in [6.45, 7) is 10.4. The van der Waals surface area contributed by atoms with Crippen molar-refractivity contribution >= 4 is 23.5 Å². The van der Waals surface area contributed by atoms with Crippen molar-refractivity contribution in [1.82, 2.24) is 15.1 Å². The lowest BCUT2D eigenvalue weighted by molar-refractivity contribution is -0.140. The molecule has 1 aromatic carbocycles. The second kappa shape index (κ2) is 10.1. The number of rotatable bonds is 3. The number of carbonyl (C=O) groups is 2. The van der Waals surface area contributed by atoms with Gasteiger partial charge in [0.25, 0.3) is 5.91 Å². The van der Waals surface area contributed by atoms with E-state index in [0.717, 1.165) is 23.1 Å². The molecule has 0 bridgehead atoms. The van der Waals surface area contributed by atoms with Gasteiger partial charge in [-0.1, -0.05) is 39.0 Å². The third-order valence-corrected chi connectivity index (χ3v) is 7.26. The molecule has 4 rings (SSSR count). The molecule has 7 nitrogen and oxygen atoms in total. The largest absolute Gasteiger partial charge is 0.342 e. The molecule has 3 aliphatic rings. The van der Waals surface area contributed by atoms with E-state index in [1.54, 1.807) is 28.0 Å². The monoisotopic (exact) mass is 505 g/mol. The molecule has 0 spiro atoms.